The number of imidazole rings is 1. The maximum absolute atomic E-state index is 13.0. The number of carboxylic acid groups (broad SMARTS) is 1. The number of nitrogens with one attached hydrogen (secondary N) is 4. The van der Waals surface area contributed by atoms with Gasteiger partial charge in [-0.15, -0.1) is 0 Å². The summed E-state index contributed by atoms with van der Waals surface area (Å²) in [6.45, 7) is 7.28. The Hall–Kier alpha value is -2.60. The summed E-state index contributed by atoms with van der Waals surface area (Å²) < 4.78 is 0. The number of thiol groups is 1. The van der Waals surface area contributed by atoms with Crippen LogP contribution in [0.1, 0.15) is 46.2 Å². The van der Waals surface area contributed by atoms with Crippen LogP contribution in [0.4, 0.5) is 0 Å². The standard InChI is InChI=1S/C21H36N6O5S/c1-5-11(3)16(22)20(30)25-14(7-13-8-23-10-24-13)18(28)26-15(9-33)19(29)27-17(21(31)32)12(4)6-2/h8,10-12,14-17,33H,5-7,9,22H2,1-4H3,(H,23,24)(H,25,30)(H,26,28)(H,27,29)(H,31,32). The SMILES string of the molecule is CCC(C)C(N)C(=O)NC(Cc1cnc[nH]1)C(=O)NC(CS)C(=O)NC(C(=O)O)C(C)CC. The Morgan fingerprint density at radius 3 is 2.09 bits per heavy atom. The van der Waals surface area contributed by atoms with Crippen molar-refractivity contribution >= 4 is 36.3 Å². The summed E-state index contributed by atoms with van der Waals surface area (Å²) in [7, 11) is 0. The molecule has 33 heavy (non-hydrogen) atoms. The van der Waals surface area contributed by atoms with Crippen LogP contribution in [-0.2, 0) is 25.6 Å². The molecule has 6 atom stereocenters. The summed E-state index contributed by atoms with van der Waals surface area (Å²) in [6.07, 6.45) is 4.30. The van der Waals surface area contributed by atoms with E-state index in [0.29, 0.717) is 18.5 Å². The van der Waals surface area contributed by atoms with Crippen LogP contribution < -0.4 is 21.7 Å². The number of nitrogens with two attached hydrogens (primary N) is 1. The summed E-state index contributed by atoms with van der Waals surface area (Å²) in [5, 5.41) is 17.1. The summed E-state index contributed by atoms with van der Waals surface area (Å²) >= 11 is 4.13. The molecule has 0 aromatic carbocycles. The quantitative estimate of drug-likeness (QED) is 0.179. The lowest BCUT2D eigenvalue weighted by atomic mass is 9.98. The second-order valence-electron chi connectivity index (χ2n) is 8.21. The van der Waals surface area contributed by atoms with E-state index >= 15 is 0 Å². The third-order valence-corrected chi connectivity index (χ3v) is 6.13. The van der Waals surface area contributed by atoms with Crippen molar-refractivity contribution in [2.75, 3.05) is 5.75 Å². The normalized spacial score (nSPS) is 16.5. The highest BCUT2D eigenvalue weighted by atomic mass is 32.1. The predicted molar refractivity (Wildman–Crippen MR) is 126 cm³/mol. The van der Waals surface area contributed by atoms with Crippen molar-refractivity contribution in [3.63, 3.8) is 0 Å². The minimum atomic E-state index is -1.16. The third kappa shape index (κ3) is 8.69. The average molecular weight is 485 g/mol. The van der Waals surface area contributed by atoms with E-state index in [0.717, 1.165) is 0 Å². The van der Waals surface area contributed by atoms with Gasteiger partial charge in [-0.25, -0.2) is 9.78 Å². The van der Waals surface area contributed by atoms with E-state index in [1.165, 1.54) is 12.5 Å². The van der Waals surface area contributed by atoms with Crippen LogP contribution >= 0.6 is 12.6 Å². The lowest BCUT2D eigenvalue weighted by Gasteiger charge is -2.26. The fourth-order valence-corrected chi connectivity index (χ4v) is 3.27. The number of aromatic amines is 1. The Morgan fingerprint density at radius 2 is 1.61 bits per heavy atom. The first-order chi connectivity index (χ1) is 15.5. The van der Waals surface area contributed by atoms with Gasteiger partial charge in [0.25, 0.3) is 0 Å². The molecule has 1 rings (SSSR count). The van der Waals surface area contributed by atoms with Crippen LogP contribution in [0.2, 0.25) is 0 Å². The molecule has 3 amide bonds. The Balaban J connectivity index is 2.97. The summed E-state index contributed by atoms with van der Waals surface area (Å²) in [4.78, 5) is 56.6. The molecular formula is C21H36N6O5S. The highest BCUT2D eigenvalue weighted by Crippen LogP contribution is 2.09. The molecule has 0 spiro atoms. The number of rotatable bonds is 14. The first kappa shape index (κ1) is 28.4. The number of nitrogens with zero attached hydrogens (tertiary/aromatic N) is 1. The van der Waals surface area contributed by atoms with Gasteiger partial charge < -0.3 is 31.8 Å². The number of H-pyrrole nitrogens is 1. The molecule has 0 saturated carbocycles. The number of amides is 3. The van der Waals surface area contributed by atoms with Gasteiger partial charge in [-0.05, 0) is 11.8 Å². The molecule has 1 aromatic rings. The van der Waals surface area contributed by atoms with Crippen LogP contribution in [0.15, 0.2) is 12.5 Å². The zero-order valence-corrected chi connectivity index (χ0v) is 20.4. The van der Waals surface area contributed by atoms with E-state index in [4.69, 9.17) is 5.73 Å². The molecule has 186 valence electrons. The average Bonchev–Trinajstić information content (AvgIpc) is 3.31. The van der Waals surface area contributed by atoms with Crippen LogP contribution in [0.3, 0.4) is 0 Å². The van der Waals surface area contributed by atoms with Crippen molar-refractivity contribution in [3.8, 4) is 0 Å². The molecule has 1 heterocycles. The lowest BCUT2D eigenvalue weighted by molar-refractivity contribution is -0.143. The van der Waals surface area contributed by atoms with Gasteiger partial charge in [0.2, 0.25) is 17.7 Å². The van der Waals surface area contributed by atoms with Crippen molar-refractivity contribution in [1.29, 1.82) is 0 Å². The summed E-state index contributed by atoms with van der Waals surface area (Å²) in [5.74, 6) is -3.42. The molecule has 7 N–H and O–H groups in total. The minimum Gasteiger partial charge on any atom is -0.480 e. The summed E-state index contributed by atoms with van der Waals surface area (Å²) in [5.41, 5.74) is 6.60. The fraction of sp³-hybridized carbons (Fsp3) is 0.667. The molecule has 0 bridgehead atoms. The zero-order chi connectivity index (χ0) is 25.1. The first-order valence-electron chi connectivity index (χ1n) is 11.0. The molecule has 0 saturated heterocycles. The Labute approximate surface area is 199 Å². The monoisotopic (exact) mass is 484 g/mol. The maximum Gasteiger partial charge on any atom is 0.326 e. The minimum absolute atomic E-state index is 0.0679. The van der Waals surface area contributed by atoms with Crippen LogP contribution in [0.5, 0.6) is 0 Å². The van der Waals surface area contributed by atoms with Crippen molar-refractivity contribution < 1.29 is 24.3 Å². The largest absolute Gasteiger partial charge is 0.480 e. The summed E-state index contributed by atoms with van der Waals surface area (Å²) in [6, 6.07) is -4.04. The van der Waals surface area contributed by atoms with E-state index in [1.54, 1.807) is 6.92 Å². The Morgan fingerprint density at radius 1 is 1.03 bits per heavy atom. The fourth-order valence-electron chi connectivity index (χ4n) is 3.01. The van der Waals surface area contributed by atoms with Gasteiger partial charge in [-0.3, -0.25) is 14.4 Å². The number of aromatic nitrogens is 2. The van der Waals surface area contributed by atoms with Gasteiger partial charge >= 0.3 is 5.97 Å². The number of carboxylic acids is 1. The van der Waals surface area contributed by atoms with E-state index in [-0.39, 0.29) is 24.0 Å². The number of aliphatic carboxylic acids is 1. The topological polar surface area (TPSA) is 179 Å². The zero-order valence-electron chi connectivity index (χ0n) is 19.5. The highest BCUT2D eigenvalue weighted by Gasteiger charge is 2.32. The molecular weight excluding hydrogens is 448 g/mol. The number of carbonyl (C=O) groups excluding carboxylic acids is 3. The molecule has 0 aliphatic carbocycles. The highest BCUT2D eigenvalue weighted by molar-refractivity contribution is 7.80. The first-order valence-corrected chi connectivity index (χ1v) is 11.7. The van der Waals surface area contributed by atoms with Crippen molar-refractivity contribution in [3.05, 3.63) is 18.2 Å². The predicted octanol–water partition coefficient (Wildman–Crippen LogP) is -0.159. The van der Waals surface area contributed by atoms with Crippen molar-refractivity contribution in [2.24, 2.45) is 17.6 Å². The van der Waals surface area contributed by atoms with Crippen LogP contribution in [0, 0.1) is 11.8 Å². The Bertz CT molecular complexity index is 790. The van der Waals surface area contributed by atoms with Crippen LogP contribution in [0.25, 0.3) is 0 Å². The van der Waals surface area contributed by atoms with Gasteiger partial charge in [0.05, 0.1) is 12.4 Å². The van der Waals surface area contributed by atoms with Gasteiger partial charge in [0.15, 0.2) is 0 Å². The van der Waals surface area contributed by atoms with Gasteiger partial charge in [0.1, 0.15) is 18.1 Å². The number of carbonyl (C=O) groups is 4. The van der Waals surface area contributed by atoms with Gasteiger partial charge in [-0.1, -0.05) is 40.5 Å². The number of hydrogen-bond acceptors (Lipinski definition) is 7. The van der Waals surface area contributed by atoms with Crippen molar-refractivity contribution in [1.82, 2.24) is 25.9 Å². The van der Waals surface area contributed by atoms with E-state index in [9.17, 15) is 24.3 Å². The molecule has 0 radical (unpaired) electrons. The van der Waals surface area contributed by atoms with Gasteiger partial charge in [0, 0.05) is 24.1 Å². The molecule has 1 aromatic heterocycles. The van der Waals surface area contributed by atoms with Gasteiger partial charge in [-0.2, -0.15) is 12.6 Å². The second-order valence-corrected chi connectivity index (χ2v) is 8.57. The second kappa shape index (κ2) is 13.8. The molecule has 6 unspecified atom stereocenters. The van der Waals surface area contributed by atoms with Crippen LogP contribution in [-0.4, -0.2) is 68.7 Å². The molecule has 11 nitrogen and oxygen atoms in total. The molecule has 12 heteroatoms. The number of hydrogen-bond donors (Lipinski definition) is 7. The third-order valence-electron chi connectivity index (χ3n) is 5.76. The lowest BCUT2D eigenvalue weighted by Crippen LogP contribution is -2.59. The smallest absolute Gasteiger partial charge is 0.326 e. The molecule has 0 aliphatic rings. The van der Waals surface area contributed by atoms with Crippen molar-refractivity contribution in [2.45, 2.75) is 71.1 Å². The Kier molecular flexibility index (Phi) is 11.9. The molecule has 0 aliphatic heterocycles. The maximum atomic E-state index is 13.0. The van der Waals surface area contributed by atoms with E-state index < -0.39 is 47.9 Å². The van der Waals surface area contributed by atoms with E-state index in [2.05, 4.69) is 38.5 Å². The van der Waals surface area contributed by atoms with E-state index in [1.807, 2.05) is 20.8 Å². The molecule has 0 fully saturated rings.